The molecule has 0 fully saturated rings. The van der Waals surface area contributed by atoms with Crippen molar-refractivity contribution in [3.63, 3.8) is 0 Å². The fourth-order valence-electron chi connectivity index (χ4n) is 3.32. The molecule has 0 atom stereocenters. The number of carbonyl (C=O) groups is 1. The summed E-state index contributed by atoms with van der Waals surface area (Å²) in [7, 11) is 0. The van der Waals surface area contributed by atoms with Gasteiger partial charge in [0.15, 0.2) is 21.6 Å². The Morgan fingerprint density at radius 3 is 2.87 bits per heavy atom. The van der Waals surface area contributed by atoms with Gasteiger partial charge in [-0.1, -0.05) is 29.2 Å². The van der Waals surface area contributed by atoms with Gasteiger partial charge in [-0.15, -0.1) is 16.8 Å². The number of aryl methyl sites for hydroxylation is 1. The second-order valence-corrected chi connectivity index (χ2v) is 8.90. The quantitative estimate of drug-likeness (QED) is 0.317. The molecule has 2 aromatic heterocycles. The van der Waals surface area contributed by atoms with Crippen molar-refractivity contribution in [1.82, 2.24) is 14.8 Å². The first-order valence-corrected chi connectivity index (χ1v) is 11.3. The average Bonchev–Trinajstić information content (AvgIpc) is 3.33. The van der Waals surface area contributed by atoms with E-state index in [1.807, 2.05) is 38.1 Å². The minimum atomic E-state index is 0.0627. The third-order valence-electron chi connectivity index (χ3n) is 4.65. The molecule has 7 nitrogen and oxygen atoms in total. The molecule has 0 radical (unpaired) electrons. The van der Waals surface area contributed by atoms with Crippen LogP contribution in [-0.2, 0) is 0 Å². The van der Waals surface area contributed by atoms with Gasteiger partial charge in [-0.25, -0.2) is 0 Å². The number of thioether (sulfide) groups is 1. The lowest BCUT2D eigenvalue weighted by Crippen LogP contribution is -2.15. The molecule has 1 aliphatic heterocycles. The predicted octanol–water partition coefficient (Wildman–Crippen LogP) is 4.29. The molecule has 0 bridgehead atoms. The molecule has 0 unspecified atom stereocenters. The third-order valence-corrected chi connectivity index (χ3v) is 6.66. The van der Waals surface area contributed by atoms with E-state index in [-0.39, 0.29) is 5.78 Å². The van der Waals surface area contributed by atoms with Gasteiger partial charge in [-0.05, 0) is 32.0 Å². The van der Waals surface area contributed by atoms with Gasteiger partial charge in [-0.3, -0.25) is 4.79 Å². The van der Waals surface area contributed by atoms with Crippen LogP contribution in [0.25, 0.3) is 5.69 Å². The number of Topliss-reactive ketones (excluding diaryl/α,β-unsaturated/α-hetero) is 1. The van der Waals surface area contributed by atoms with Crippen LogP contribution in [0.15, 0.2) is 41.3 Å². The van der Waals surface area contributed by atoms with E-state index >= 15 is 0 Å². The van der Waals surface area contributed by atoms with Crippen LogP contribution in [0.4, 0.5) is 5.13 Å². The zero-order chi connectivity index (χ0) is 21.1. The Bertz CT molecular complexity index is 1090. The van der Waals surface area contributed by atoms with E-state index in [9.17, 15) is 4.79 Å². The van der Waals surface area contributed by atoms with Crippen LogP contribution in [0.3, 0.4) is 0 Å². The molecule has 0 spiro atoms. The second kappa shape index (κ2) is 8.93. The number of ketones is 1. The van der Waals surface area contributed by atoms with E-state index in [4.69, 9.17) is 9.47 Å². The monoisotopic (exact) mass is 442 g/mol. The Morgan fingerprint density at radius 2 is 2.07 bits per heavy atom. The highest BCUT2D eigenvalue weighted by Crippen LogP contribution is 2.34. The summed E-state index contributed by atoms with van der Waals surface area (Å²) in [4.78, 5) is 12.9. The van der Waals surface area contributed by atoms with Crippen LogP contribution in [0.5, 0.6) is 11.5 Å². The number of fused-ring (bicyclic) bond motifs is 1. The van der Waals surface area contributed by atoms with Gasteiger partial charge in [0, 0.05) is 35.2 Å². The number of benzene rings is 1. The summed E-state index contributed by atoms with van der Waals surface area (Å²) in [5, 5.41) is 12.0. The predicted molar refractivity (Wildman–Crippen MR) is 120 cm³/mol. The normalized spacial score (nSPS) is 12.6. The smallest absolute Gasteiger partial charge is 0.206 e. The van der Waals surface area contributed by atoms with E-state index < -0.39 is 0 Å². The molecule has 30 heavy (non-hydrogen) atoms. The molecule has 0 aliphatic carbocycles. The molecular formula is C21H22N4O3S2. The number of hydrogen-bond acceptors (Lipinski definition) is 8. The lowest BCUT2D eigenvalue weighted by molar-refractivity contribution is 0.102. The van der Waals surface area contributed by atoms with Gasteiger partial charge in [0.25, 0.3) is 0 Å². The molecule has 0 saturated heterocycles. The molecule has 4 rings (SSSR count). The maximum absolute atomic E-state index is 12.9. The first-order valence-electron chi connectivity index (χ1n) is 9.50. The Kier molecular flexibility index (Phi) is 6.10. The molecule has 1 aromatic carbocycles. The highest BCUT2D eigenvalue weighted by Gasteiger charge is 2.19. The largest absolute Gasteiger partial charge is 0.486 e. The number of anilines is 1. The summed E-state index contributed by atoms with van der Waals surface area (Å²) in [5.41, 5.74) is 3.55. The van der Waals surface area contributed by atoms with Crippen molar-refractivity contribution >= 4 is 34.0 Å². The van der Waals surface area contributed by atoms with Gasteiger partial charge >= 0.3 is 0 Å². The van der Waals surface area contributed by atoms with E-state index in [0.29, 0.717) is 31.1 Å². The third kappa shape index (κ3) is 4.22. The van der Waals surface area contributed by atoms with Crippen molar-refractivity contribution in [1.29, 1.82) is 0 Å². The molecular weight excluding hydrogens is 420 g/mol. The highest BCUT2D eigenvalue weighted by molar-refractivity contribution is 8.01. The first-order chi connectivity index (χ1) is 14.6. The highest BCUT2D eigenvalue weighted by atomic mass is 32.2. The minimum Gasteiger partial charge on any atom is -0.486 e. The average molecular weight is 443 g/mol. The van der Waals surface area contributed by atoms with Gasteiger partial charge in [0.2, 0.25) is 5.13 Å². The number of nitrogens with zero attached hydrogens (tertiary/aromatic N) is 3. The van der Waals surface area contributed by atoms with Crippen LogP contribution in [0.1, 0.15) is 21.7 Å². The fourth-order valence-corrected chi connectivity index (χ4v) is 4.96. The lowest BCUT2D eigenvalue weighted by atomic mass is 10.2. The summed E-state index contributed by atoms with van der Waals surface area (Å²) in [5.74, 6) is 1.85. The molecule has 9 heteroatoms. The number of aromatic nitrogens is 3. The molecule has 0 saturated carbocycles. The van der Waals surface area contributed by atoms with Crippen molar-refractivity contribution in [2.24, 2.45) is 0 Å². The van der Waals surface area contributed by atoms with Crippen molar-refractivity contribution in [2.75, 3.05) is 30.8 Å². The van der Waals surface area contributed by atoms with Crippen LogP contribution < -0.4 is 14.8 Å². The number of nitrogens with one attached hydrogen (secondary N) is 1. The fraction of sp³-hybridized carbons (Fsp3) is 0.286. The number of ether oxygens (including phenoxy) is 2. The van der Waals surface area contributed by atoms with Crippen LogP contribution in [0, 0.1) is 13.8 Å². The summed E-state index contributed by atoms with van der Waals surface area (Å²) < 4.78 is 14.1. The zero-order valence-electron chi connectivity index (χ0n) is 16.8. The number of carbonyl (C=O) groups excluding carboxylic acids is 1. The molecule has 156 valence electrons. The van der Waals surface area contributed by atoms with Crippen molar-refractivity contribution in [3.05, 3.63) is 53.9 Å². The molecule has 3 heterocycles. The maximum Gasteiger partial charge on any atom is 0.206 e. The van der Waals surface area contributed by atoms with E-state index in [2.05, 4.69) is 26.7 Å². The van der Waals surface area contributed by atoms with Gasteiger partial charge < -0.3 is 19.4 Å². The van der Waals surface area contributed by atoms with Gasteiger partial charge in [0.1, 0.15) is 13.2 Å². The van der Waals surface area contributed by atoms with Crippen LogP contribution in [0.2, 0.25) is 0 Å². The summed E-state index contributed by atoms with van der Waals surface area (Å²) in [6.45, 7) is 9.35. The van der Waals surface area contributed by atoms with Crippen molar-refractivity contribution < 1.29 is 14.3 Å². The Balaban J connectivity index is 1.49. The van der Waals surface area contributed by atoms with Crippen molar-refractivity contribution in [3.8, 4) is 17.2 Å². The topological polar surface area (TPSA) is 78.3 Å². The molecule has 1 N–H and O–H groups in total. The van der Waals surface area contributed by atoms with Gasteiger partial charge in [0.05, 0.1) is 5.75 Å². The Hall–Kier alpha value is -2.78. The van der Waals surface area contributed by atoms with E-state index in [1.54, 1.807) is 6.08 Å². The van der Waals surface area contributed by atoms with Crippen LogP contribution >= 0.6 is 23.1 Å². The number of rotatable bonds is 8. The summed E-state index contributed by atoms with van der Waals surface area (Å²) >= 11 is 2.83. The van der Waals surface area contributed by atoms with Crippen LogP contribution in [-0.4, -0.2) is 46.1 Å². The summed E-state index contributed by atoms with van der Waals surface area (Å²) in [6.07, 6.45) is 1.76. The molecule has 3 aromatic rings. The summed E-state index contributed by atoms with van der Waals surface area (Å²) in [6, 6.07) is 7.78. The standard InChI is InChI=1S/C21H22N4O3S2/c1-4-7-22-20-23-24-21(30-20)29-12-17(26)16-10-13(2)25(14(16)3)15-5-6-18-19(11-15)28-9-8-27-18/h4-6,10-11H,1,7-9,12H2,2-3H3,(H,22,23). The second-order valence-electron chi connectivity index (χ2n) is 6.70. The molecule has 1 aliphatic rings. The molecule has 0 amide bonds. The lowest BCUT2D eigenvalue weighted by Gasteiger charge is -2.20. The van der Waals surface area contributed by atoms with E-state index in [0.717, 1.165) is 38.0 Å². The maximum atomic E-state index is 12.9. The van der Waals surface area contributed by atoms with Crippen molar-refractivity contribution in [2.45, 2.75) is 18.2 Å². The minimum absolute atomic E-state index is 0.0627. The number of hydrogen-bond donors (Lipinski definition) is 1. The van der Waals surface area contributed by atoms with E-state index in [1.165, 1.54) is 23.1 Å². The zero-order valence-corrected chi connectivity index (χ0v) is 18.4. The Morgan fingerprint density at radius 1 is 1.27 bits per heavy atom. The SMILES string of the molecule is C=CCNc1nnc(SCC(=O)c2cc(C)n(-c3ccc4c(c3)OCCO4)c2C)s1. The van der Waals surface area contributed by atoms with Gasteiger partial charge in [-0.2, -0.15) is 0 Å². The first kappa shape index (κ1) is 20.5. The Labute approximate surface area is 183 Å².